The molecule has 9 heteroatoms. The number of alkyl halides is 3. The number of nitrogens with one attached hydrogen (secondary N) is 1. The average molecular weight is 506 g/mol. The topological polar surface area (TPSA) is 49.7 Å². The second kappa shape index (κ2) is 8.47. The molecule has 1 aliphatic heterocycles. The van der Waals surface area contributed by atoms with Crippen LogP contribution in [0.15, 0.2) is 60.9 Å². The van der Waals surface area contributed by atoms with Crippen molar-refractivity contribution < 1.29 is 17.6 Å². The van der Waals surface area contributed by atoms with E-state index < -0.39 is 17.6 Å². The molecule has 2 aromatic carbocycles. The zero-order chi connectivity index (χ0) is 25.9. The van der Waals surface area contributed by atoms with Gasteiger partial charge >= 0.3 is 6.18 Å². The summed E-state index contributed by atoms with van der Waals surface area (Å²) >= 11 is 0. The monoisotopic (exact) mass is 505 g/mol. The Morgan fingerprint density at radius 1 is 1.00 bits per heavy atom. The fourth-order valence-corrected chi connectivity index (χ4v) is 5.24. The molecular weight excluding hydrogens is 482 g/mol. The average Bonchev–Trinajstić information content (AvgIpc) is 3.48. The predicted octanol–water partition coefficient (Wildman–Crippen LogP) is 6.75. The van der Waals surface area contributed by atoms with E-state index in [4.69, 9.17) is 5.10 Å². The van der Waals surface area contributed by atoms with E-state index in [0.29, 0.717) is 25.2 Å². The summed E-state index contributed by atoms with van der Waals surface area (Å²) in [6.45, 7) is 4.74. The van der Waals surface area contributed by atoms with E-state index >= 15 is 0 Å². The summed E-state index contributed by atoms with van der Waals surface area (Å²) in [6.07, 6.45) is -1.58. The van der Waals surface area contributed by atoms with E-state index in [1.165, 1.54) is 0 Å². The normalized spacial score (nSPS) is 13.8. The van der Waals surface area contributed by atoms with E-state index in [-0.39, 0.29) is 12.4 Å². The molecule has 0 amide bonds. The van der Waals surface area contributed by atoms with Gasteiger partial charge in [0.2, 0.25) is 0 Å². The van der Waals surface area contributed by atoms with Crippen molar-refractivity contribution in [3.05, 3.63) is 94.7 Å². The number of pyridine rings is 1. The summed E-state index contributed by atoms with van der Waals surface area (Å²) in [7, 11) is 0. The van der Waals surface area contributed by atoms with E-state index in [9.17, 15) is 17.6 Å². The highest BCUT2D eigenvalue weighted by Gasteiger charge is 2.34. The molecule has 6 rings (SSSR count). The van der Waals surface area contributed by atoms with E-state index in [0.717, 1.165) is 50.2 Å². The van der Waals surface area contributed by atoms with Gasteiger partial charge in [-0.15, -0.1) is 0 Å². The van der Waals surface area contributed by atoms with Crippen molar-refractivity contribution >= 4 is 16.7 Å². The number of hydrogen-bond donors (Lipinski definition) is 1. The summed E-state index contributed by atoms with van der Waals surface area (Å²) in [5.41, 5.74) is 6.62. The van der Waals surface area contributed by atoms with Crippen LogP contribution in [-0.2, 0) is 19.1 Å². The van der Waals surface area contributed by atoms with Crippen LogP contribution in [0.2, 0.25) is 0 Å². The van der Waals surface area contributed by atoms with Crippen LogP contribution >= 0.6 is 0 Å². The van der Waals surface area contributed by atoms with Crippen molar-refractivity contribution in [2.45, 2.75) is 33.0 Å². The highest BCUT2D eigenvalue weighted by molar-refractivity contribution is 5.95. The van der Waals surface area contributed by atoms with Crippen molar-refractivity contribution in [2.24, 2.45) is 0 Å². The SMILES string of the molecule is Cc1cccc(C)c1-n1nc2c(c1-c1cccc3[nH]ccc13)CN(c1ncc(C(F)(F)F)cc1F)CC2. The highest BCUT2D eigenvalue weighted by atomic mass is 19.4. The highest BCUT2D eigenvalue weighted by Crippen LogP contribution is 2.39. The van der Waals surface area contributed by atoms with Crippen LogP contribution in [-0.4, -0.2) is 26.3 Å². The van der Waals surface area contributed by atoms with Crippen molar-refractivity contribution in [1.82, 2.24) is 19.7 Å². The van der Waals surface area contributed by atoms with Crippen LogP contribution in [0, 0.1) is 19.7 Å². The quantitative estimate of drug-likeness (QED) is 0.276. The molecule has 37 heavy (non-hydrogen) atoms. The lowest BCUT2D eigenvalue weighted by atomic mass is 9.98. The van der Waals surface area contributed by atoms with Crippen molar-refractivity contribution in [1.29, 1.82) is 0 Å². The second-order valence-electron chi connectivity index (χ2n) is 9.37. The molecule has 188 valence electrons. The maximum absolute atomic E-state index is 14.9. The third-order valence-electron chi connectivity index (χ3n) is 6.98. The molecule has 0 saturated carbocycles. The molecule has 0 unspecified atom stereocenters. The van der Waals surface area contributed by atoms with Crippen molar-refractivity contribution in [2.75, 3.05) is 11.4 Å². The number of aryl methyl sites for hydroxylation is 2. The summed E-state index contributed by atoms with van der Waals surface area (Å²) in [5.74, 6) is -1.08. The molecule has 0 spiro atoms. The van der Waals surface area contributed by atoms with E-state index in [1.807, 2.05) is 67.2 Å². The van der Waals surface area contributed by atoms with Crippen LogP contribution in [0.1, 0.15) is 27.9 Å². The molecule has 0 saturated heterocycles. The number of anilines is 1. The summed E-state index contributed by atoms with van der Waals surface area (Å²) in [5, 5.41) is 6.05. The Balaban J connectivity index is 1.53. The Kier molecular flexibility index (Phi) is 5.33. The molecule has 5 nitrogen and oxygen atoms in total. The maximum atomic E-state index is 14.9. The Morgan fingerprint density at radius 2 is 1.76 bits per heavy atom. The smallest absolute Gasteiger partial charge is 0.361 e. The third-order valence-corrected chi connectivity index (χ3v) is 6.98. The maximum Gasteiger partial charge on any atom is 0.417 e. The minimum absolute atomic E-state index is 0.0933. The van der Waals surface area contributed by atoms with Gasteiger partial charge in [-0.3, -0.25) is 0 Å². The van der Waals surface area contributed by atoms with Gasteiger partial charge in [-0.25, -0.2) is 14.1 Å². The van der Waals surface area contributed by atoms with Gasteiger partial charge in [0.25, 0.3) is 0 Å². The fraction of sp³-hybridized carbons (Fsp3) is 0.214. The number of rotatable bonds is 3. The second-order valence-corrected chi connectivity index (χ2v) is 9.37. The number of aromatic amines is 1. The molecule has 0 bridgehead atoms. The zero-order valence-corrected chi connectivity index (χ0v) is 20.2. The van der Waals surface area contributed by atoms with Gasteiger partial charge in [0.15, 0.2) is 11.6 Å². The lowest BCUT2D eigenvalue weighted by Crippen LogP contribution is -2.32. The first kappa shape index (κ1) is 23.3. The minimum Gasteiger partial charge on any atom is -0.361 e. The van der Waals surface area contributed by atoms with Gasteiger partial charge in [0.05, 0.1) is 22.6 Å². The number of benzene rings is 2. The third kappa shape index (κ3) is 3.85. The molecule has 1 aliphatic rings. The predicted molar refractivity (Wildman–Crippen MR) is 134 cm³/mol. The zero-order valence-electron chi connectivity index (χ0n) is 20.2. The van der Waals surface area contributed by atoms with Gasteiger partial charge in [0, 0.05) is 53.9 Å². The largest absolute Gasteiger partial charge is 0.417 e. The molecule has 0 atom stereocenters. The molecule has 0 aliphatic carbocycles. The number of nitrogens with zero attached hydrogens (tertiary/aromatic N) is 4. The number of aromatic nitrogens is 4. The molecular formula is C28H23F4N5. The Labute approximate surface area is 210 Å². The number of hydrogen-bond acceptors (Lipinski definition) is 3. The Hall–Kier alpha value is -4.14. The van der Waals surface area contributed by atoms with E-state index in [1.54, 1.807) is 4.90 Å². The Bertz CT molecular complexity index is 1630. The number of H-pyrrole nitrogens is 1. The number of fused-ring (bicyclic) bond motifs is 2. The van der Waals surface area contributed by atoms with Crippen molar-refractivity contribution in [3.8, 4) is 16.9 Å². The van der Waals surface area contributed by atoms with E-state index in [2.05, 4.69) is 9.97 Å². The lowest BCUT2D eigenvalue weighted by molar-refractivity contribution is -0.138. The first-order valence-corrected chi connectivity index (χ1v) is 11.9. The number of halogens is 4. The first-order chi connectivity index (χ1) is 17.7. The molecule has 1 N–H and O–H groups in total. The van der Waals surface area contributed by atoms with Gasteiger partial charge in [-0.05, 0) is 43.2 Å². The van der Waals surface area contributed by atoms with Crippen LogP contribution in [0.3, 0.4) is 0 Å². The van der Waals surface area contributed by atoms with Crippen LogP contribution in [0.25, 0.3) is 27.8 Å². The molecule has 0 radical (unpaired) electrons. The minimum atomic E-state index is -4.66. The van der Waals surface area contributed by atoms with Crippen LogP contribution in [0.4, 0.5) is 23.4 Å². The Morgan fingerprint density at radius 3 is 2.49 bits per heavy atom. The summed E-state index contributed by atoms with van der Waals surface area (Å²) < 4.78 is 56.1. The standard InChI is InChI=1S/C28H23F4N5/c1-16-5-3-6-17(2)25(16)37-26(20-7-4-8-23-19(20)9-11-33-23)21-15-36(12-10-24(21)35-37)27-22(29)13-18(14-34-27)28(30,31)32/h3-9,11,13-14,33H,10,12,15H2,1-2H3. The van der Waals surface area contributed by atoms with Gasteiger partial charge < -0.3 is 9.88 Å². The molecule has 0 fully saturated rings. The summed E-state index contributed by atoms with van der Waals surface area (Å²) in [6, 6.07) is 14.6. The van der Waals surface area contributed by atoms with Gasteiger partial charge in [0.1, 0.15) is 0 Å². The van der Waals surface area contributed by atoms with Gasteiger partial charge in [-0.1, -0.05) is 30.3 Å². The molecule has 3 aromatic heterocycles. The van der Waals surface area contributed by atoms with Crippen LogP contribution < -0.4 is 4.90 Å². The summed E-state index contributed by atoms with van der Waals surface area (Å²) in [4.78, 5) is 8.82. The van der Waals surface area contributed by atoms with Gasteiger partial charge in [-0.2, -0.15) is 18.3 Å². The molecule has 4 heterocycles. The van der Waals surface area contributed by atoms with Crippen LogP contribution in [0.5, 0.6) is 0 Å². The molecule has 5 aromatic rings. The first-order valence-electron chi connectivity index (χ1n) is 11.9. The fourth-order valence-electron chi connectivity index (χ4n) is 5.24. The number of para-hydroxylation sites is 1. The lowest BCUT2D eigenvalue weighted by Gasteiger charge is -2.28. The van der Waals surface area contributed by atoms with Crippen molar-refractivity contribution in [3.63, 3.8) is 0 Å².